The summed E-state index contributed by atoms with van der Waals surface area (Å²) in [4.78, 5) is 24.2. The van der Waals surface area contributed by atoms with Gasteiger partial charge >= 0.3 is 0 Å². The van der Waals surface area contributed by atoms with Gasteiger partial charge in [0.15, 0.2) is 5.69 Å². The number of nitrogens with one attached hydrogen (secondary N) is 2. The van der Waals surface area contributed by atoms with Gasteiger partial charge in [-0.05, 0) is 25.1 Å². The highest BCUT2D eigenvalue weighted by molar-refractivity contribution is 6.37. The minimum atomic E-state index is -0.545. The number of aromatic nitrogens is 2. The maximum absolute atomic E-state index is 12.4. The number of hydrogen-bond donors (Lipinski definition) is 2. The summed E-state index contributed by atoms with van der Waals surface area (Å²) in [5.41, 5.74) is 3.29. The molecule has 2 N–H and O–H groups in total. The molecule has 25 heavy (non-hydrogen) atoms. The number of benzene rings is 2. The van der Waals surface area contributed by atoms with E-state index in [1.165, 1.54) is 0 Å². The Hall–Kier alpha value is -2.70. The molecule has 3 aromatic rings. The van der Waals surface area contributed by atoms with Crippen molar-refractivity contribution >= 4 is 45.6 Å². The van der Waals surface area contributed by atoms with E-state index in [0.717, 1.165) is 0 Å². The van der Waals surface area contributed by atoms with Crippen LogP contribution in [0.15, 0.2) is 52.4 Å². The lowest BCUT2D eigenvalue weighted by atomic mass is 10.1. The molecule has 0 saturated carbocycles. The first-order chi connectivity index (χ1) is 12.0. The molecule has 2 aromatic carbocycles. The van der Waals surface area contributed by atoms with Crippen LogP contribution in [0.4, 0.5) is 0 Å². The van der Waals surface area contributed by atoms with Crippen molar-refractivity contribution in [2.45, 2.75) is 6.92 Å². The van der Waals surface area contributed by atoms with Gasteiger partial charge in [-0.25, -0.2) is 10.5 Å². The van der Waals surface area contributed by atoms with Gasteiger partial charge in [-0.1, -0.05) is 47.5 Å². The Morgan fingerprint density at radius 1 is 1.16 bits per heavy atom. The van der Waals surface area contributed by atoms with Crippen LogP contribution < -0.4 is 11.0 Å². The van der Waals surface area contributed by atoms with Gasteiger partial charge in [0.2, 0.25) is 0 Å². The molecule has 0 unspecified atom stereocenters. The molecule has 1 aromatic heterocycles. The average molecular weight is 375 g/mol. The molecule has 3 rings (SSSR count). The molecule has 1 amide bonds. The maximum atomic E-state index is 12.4. The monoisotopic (exact) mass is 374 g/mol. The van der Waals surface area contributed by atoms with E-state index in [-0.39, 0.29) is 11.3 Å². The largest absolute Gasteiger partial charge is 0.292 e. The van der Waals surface area contributed by atoms with E-state index in [1.54, 1.807) is 49.4 Å². The van der Waals surface area contributed by atoms with Crippen LogP contribution >= 0.6 is 23.2 Å². The van der Waals surface area contributed by atoms with Crippen LogP contribution in [0.1, 0.15) is 23.0 Å². The first-order valence-corrected chi connectivity index (χ1v) is 8.00. The number of aromatic amines is 1. The van der Waals surface area contributed by atoms with Crippen molar-refractivity contribution in [3.8, 4) is 0 Å². The third-order valence-corrected chi connectivity index (χ3v) is 4.11. The van der Waals surface area contributed by atoms with Crippen molar-refractivity contribution in [2.24, 2.45) is 5.10 Å². The summed E-state index contributed by atoms with van der Waals surface area (Å²) in [7, 11) is 0. The van der Waals surface area contributed by atoms with E-state index in [1.807, 2.05) is 0 Å². The van der Waals surface area contributed by atoms with Gasteiger partial charge in [0.1, 0.15) is 0 Å². The van der Waals surface area contributed by atoms with E-state index in [9.17, 15) is 9.59 Å². The second kappa shape index (κ2) is 7.04. The number of H-pyrrole nitrogens is 1. The number of carbonyl (C=O) groups is 1. The van der Waals surface area contributed by atoms with Crippen LogP contribution in [0, 0.1) is 0 Å². The lowest BCUT2D eigenvalue weighted by Gasteiger charge is -2.06. The molecule has 0 saturated heterocycles. The molecular weight excluding hydrogens is 363 g/mol. The van der Waals surface area contributed by atoms with Gasteiger partial charge in [0.05, 0.1) is 16.1 Å². The minimum Gasteiger partial charge on any atom is -0.267 e. The second-order valence-electron chi connectivity index (χ2n) is 5.21. The van der Waals surface area contributed by atoms with Crippen LogP contribution in [0.2, 0.25) is 10.0 Å². The van der Waals surface area contributed by atoms with Crippen molar-refractivity contribution in [3.05, 3.63) is 74.1 Å². The van der Waals surface area contributed by atoms with E-state index in [4.69, 9.17) is 23.2 Å². The number of fused-ring (bicyclic) bond motifs is 1. The van der Waals surface area contributed by atoms with Crippen molar-refractivity contribution in [1.82, 2.24) is 15.6 Å². The summed E-state index contributed by atoms with van der Waals surface area (Å²) in [6.07, 6.45) is 0. The number of rotatable bonds is 3. The van der Waals surface area contributed by atoms with Gasteiger partial charge in [-0.15, -0.1) is 0 Å². The van der Waals surface area contributed by atoms with Crippen molar-refractivity contribution in [1.29, 1.82) is 0 Å². The summed E-state index contributed by atoms with van der Waals surface area (Å²) >= 11 is 12.0. The van der Waals surface area contributed by atoms with E-state index in [0.29, 0.717) is 32.1 Å². The lowest BCUT2D eigenvalue weighted by molar-refractivity contribution is 0.0950. The smallest absolute Gasteiger partial charge is 0.267 e. The van der Waals surface area contributed by atoms with Gasteiger partial charge in [-0.3, -0.25) is 9.59 Å². The minimum absolute atomic E-state index is 0.0777. The molecule has 0 fully saturated rings. The van der Waals surface area contributed by atoms with E-state index >= 15 is 0 Å². The van der Waals surface area contributed by atoms with Crippen molar-refractivity contribution < 1.29 is 4.79 Å². The second-order valence-corrected chi connectivity index (χ2v) is 6.05. The van der Waals surface area contributed by atoms with Crippen LogP contribution in [0.3, 0.4) is 0 Å². The lowest BCUT2D eigenvalue weighted by Crippen LogP contribution is -2.23. The first-order valence-electron chi connectivity index (χ1n) is 7.25. The highest BCUT2D eigenvalue weighted by atomic mass is 35.5. The molecule has 0 aliphatic rings. The molecule has 1 heterocycles. The Labute approximate surface area is 152 Å². The predicted molar refractivity (Wildman–Crippen MR) is 98.5 cm³/mol. The number of hydrogen-bond acceptors (Lipinski definition) is 4. The fourth-order valence-corrected chi connectivity index (χ4v) is 2.86. The third-order valence-electron chi connectivity index (χ3n) is 3.56. The number of nitrogens with zero attached hydrogens (tertiary/aromatic N) is 2. The summed E-state index contributed by atoms with van der Waals surface area (Å²) in [6.45, 7) is 1.70. The Morgan fingerprint density at radius 3 is 2.60 bits per heavy atom. The zero-order chi connectivity index (χ0) is 18.0. The SMILES string of the molecule is C/C(=N/NC(=O)c1n[nH]c(=O)c2ccccc12)c1ccc(Cl)cc1Cl. The van der Waals surface area contributed by atoms with Crippen molar-refractivity contribution in [2.75, 3.05) is 0 Å². The van der Waals surface area contributed by atoms with Crippen LogP contribution in [-0.2, 0) is 0 Å². The fourth-order valence-electron chi connectivity index (χ4n) is 2.32. The zero-order valence-corrected chi connectivity index (χ0v) is 14.5. The Kier molecular flexibility index (Phi) is 4.83. The third kappa shape index (κ3) is 3.55. The summed E-state index contributed by atoms with van der Waals surface area (Å²) in [5.74, 6) is -0.545. The van der Waals surface area contributed by atoms with Crippen LogP contribution in [-0.4, -0.2) is 21.8 Å². The normalized spacial score (nSPS) is 11.6. The Morgan fingerprint density at radius 2 is 1.88 bits per heavy atom. The maximum Gasteiger partial charge on any atom is 0.292 e. The Bertz CT molecular complexity index is 1060. The van der Waals surface area contributed by atoms with Gasteiger partial charge in [0, 0.05) is 16.0 Å². The van der Waals surface area contributed by atoms with Crippen LogP contribution in [0.25, 0.3) is 10.8 Å². The molecular formula is C17H12Cl2N4O2. The molecule has 8 heteroatoms. The highest BCUT2D eigenvalue weighted by Gasteiger charge is 2.14. The molecule has 0 spiro atoms. The van der Waals surface area contributed by atoms with E-state index < -0.39 is 5.91 Å². The predicted octanol–water partition coefficient (Wildman–Crippen LogP) is 3.38. The molecule has 0 aliphatic carbocycles. The fraction of sp³-hybridized carbons (Fsp3) is 0.0588. The van der Waals surface area contributed by atoms with Crippen LogP contribution in [0.5, 0.6) is 0 Å². The molecule has 0 radical (unpaired) electrons. The van der Waals surface area contributed by atoms with E-state index in [2.05, 4.69) is 20.7 Å². The number of amides is 1. The highest BCUT2D eigenvalue weighted by Crippen LogP contribution is 2.21. The molecule has 126 valence electrons. The van der Waals surface area contributed by atoms with Crippen molar-refractivity contribution in [3.63, 3.8) is 0 Å². The van der Waals surface area contributed by atoms with Gasteiger partial charge in [-0.2, -0.15) is 10.2 Å². The standard InChI is InChI=1S/C17H12Cl2N4O2/c1-9(11-7-6-10(18)8-14(11)19)20-23-17(25)15-12-4-2-3-5-13(12)16(24)22-21-15/h2-8H,1H3,(H,22,24)(H,23,25)/b20-9-. The Balaban J connectivity index is 1.90. The van der Waals surface area contributed by atoms with Gasteiger partial charge in [0.25, 0.3) is 11.5 Å². The average Bonchev–Trinajstić information content (AvgIpc) is 2.60. The summed E-state index contributed by atoms with van der Waals surface area (Å²) < 4.78 is 0. The number of carbonyl (C=O) groups excluding carboxylic acids is 1. The molecule has 0 atom stereocenters. The quantitative estimate of drug-likeness (QED) is 0.544. The van der Waals surface area contributed by atoms with Gasteiger partial charge < -0.3 is 0 Å². The number of halogens is 2. The molecule has 0 bridgehead atoms. The summed E-state index contributed by atoms with van der Waals surface area (Å²) in [6, 6.07) is 11.7. The molecule has 0 aliphatic heterocycles. The summed E-state index contributed by atoms with van der Waals surface area (Å²) in [5, 5.41) is 11.9. The first kappa shape index (κ1) is 17.1. The molecule has 6 nitrogen and oxygen atoms in total. The number of hydrazone groups is 1. The zero-order valence-electron chi connectivity index (χ0n) is 13.0. The topological polar surface area (TPSA) is 87.2 Å².